The highest BCUT2D eigenvalue weighted by atomic mass is 19.1. The van der Waals surface area contributed by atoms with E-state index in [1.165, 1.54) is 12.1 Å². The summed E-state index contributed by atoms with van der Waals surface area (Å²) in [5.41, 5.74) is 0.861. The van der Waals surface area contributed by atoms with Gasteiger partial charge in [-0.05, 0) is 42.3 Å². The van der Waals surface area contributed by atoms with Crippen LogP contribution in [0.1, 0.15) is 34.1 Å². The van der Waals surface area contributed by atoms with E-state index < -0.39 is 11.9 Å². The van der Waals surface area contributed by atoms with Crippen molar-refractivity contribution in [2.24, 2.45) is 0 Å². The third-order valence-electron chi connectivity index (χ3n) is 6.34. The molecule has 8 heteroatoms. The predicted octanol–water partition coefficient (Wildman–Crippen LogP) is 3.21. The zero-order valence-corrected chi connectivity index (χ0v) is 18.4. The van der Waals surface area contributed by atoms with Gasteiger partial charge in [-0.1, -0.05) is 12.1 Å². The number of morpholine rings is 1. The van der Waals surface area contributed by atoms with Gasteiger partial charge in [-0.25, -0.2) is 4.39 Å². The fourth-order valence-electron chi connectivity index (χ4n) is 4.65. The molecule has 172 valence electrons. The van der Waals surface area contributed by atoms with Crippen LogP contribution in [0.5, 0.6) is 5.75 Å². The van der Waals surface area contributed by atoms with Crippen LogP contribution in [0, 0.1) is 5.82 Å². The van der Waals surface area contributed by atoms with E-state index in [4.69, 9.17) is 13.9 Å². The molecule has 2 aromatic carbocycles. The molecule has 0 spiro atoms. The van der Waals surface area contributed by atoms with Crippen LogP contribution in [0.3, 0.4) is 0 Å². The molecule has 1 atom stereocenters. The molecule has 2 aliphatic heterocycles. The molecule has 1 aromatic heterocycles. The Hall–Kier alpha value is -3.23. The van der Waals surface area contributed by atoms with Crippen molar-refractivity contribution >= 4 is 16.9 Å². The molecule has 2 aliphatic rings. The second-order valence-electron chi connectivity index (χ2n) is 8.30. The molecule has 0 aliphatic carbocycles. The first kappa shape index (κ1) is 21.6. The highest BCUT2D eigenvalue weighted by molar-refractivity contribution is 5.99. The number of nitrogens with zero attached hydrogens (tertiary/aromatic N) is 2. The summed E-state index contributed by atoms with van der Waals surface area (Å²) in [5.74, 6) is -0.139. The standard InChI is InChI=1S/C25H25FN2O5/c1-31-18-6-3-16(4-7-18)22-21-23(29)19-15-17(26)5-8-20(19)33-24(21)25(30)28(22)10-2-9-27-11-13-32-14-12-27/h3-8,15,22H,2,9-14H2,1H3/t22-/m0/s1. The van der Waals surface area contributed by atoms with Gasteiger partial charge in [0.2, 0.25) is 5.76 Å². The first-order valence-electron chi connectivity index (χ1n) is 11.1. The number of fused-ring (bicyclic) bond motifs is 2. The van der Waals surface area contributed by atoms with Crippen molar-refractivity contribution < 1.29 is 23.1 Å². The zero-order valence-electron chi connectivity index (χ0n) is 18.4. The molecule has 0 N–H and O–H groups in total. The van der Waals surface area contributed by atoms with Crippen molar-refractivity contribution in [1.29, 1.82) is 0 Å². The van der Waals surface area contributed by atoms with E-state index in [0.717, 1.165) is 37.7 Å². The number of methoxy groups -OCH3 is 1. The van der Waals surface area contributed by atoms with E-state index in [-0.39, 0.29) is 33.6 Å². The third-order valence-corrected chi connectivity index (χ3v) is 6.34. The zero-order chi connectivity index (χ0) is 22.9. The summed E-state index contributed by atoms with van der Waals surface area (Å²) in [4.78, 5) is 30.8. The Morgan fingerprint density at radius 1 is 1.06 bits per heavy atom. The van der Waals surface area contributed by atoms with Crippen LogP contribution < -0.4 is 10.2 Å². The first-order chi connectivity index (χ1) is 16.1. The highest BCUT2D eigenvalue weighted by Crippen LogP contribution is 2.38. The van der Waals surface area contributed by atoms with Gasteiger partial charge in [0, 0.05) is 26.2 Å². The molecule has 0 bridgehead atoms. The summed E-state index contributed by atoms with van der Waals surface area (Å²) < 4.78 is 30.4. The van der Waals surface area contributed by atoms with Crippen LogP contribution in [-0.4, -0.2) is 62.2 Å². The SMILES string of the molecule is COc1ccc([C@H]2c3c(oc4ccc(F)cc4c3=O)C(=O)N2CCCN2CCOCC2)cc1. The Morgan fingerprint density at radius 2 is 1.82 bits per heavy atom. The number of halogens is 1. The third kappa shape index (κ3) is 4.00. The lowest BCUT2D eigenvalue weighted by Gasteiger charge is -2.29. The topological polar surface area (TPSA) is 72.2 Å². The minimum Gasteiger partial charge on any atom is -0.497 e. The van der Waals surface area contributed by atoms with E-state index in [0.29, 0.717) is 25.5 Å². The molecule has 0 unspecified atom stereocenters. The molecule has 7 nitrogen and oxygen atoms in total. The van der Waals surface area contributed by atoms with Crippen molar-refractivity contribution in [3.8, 4) is 5.75 Å². The normalized spacial score (nSPS) is 18.7. The minimum absolute atomic E-state index is 0.0336. The summed E-state index contributed by atoms with van der Waals surface area (Å²) in [7, 11) is 1.58. The maximum Gasteiger partial charge on any atom is 0.290 e. The Balaban J connectivity index is 1.53. The molecule has 5 rings (SSSR count). The lowest BCUT2D eigenvalue weighted by Crippen LogP contribution is -2.38. The average molecular weight is 452 g/mol. The van der Waals surface area contributed by atoms with Gasteiger partial charge in [0.15, 0.2) is 5.43 Å². The van der Waals surface area contributed by atoms with Gasteiger partial charge >= 0.3 is 0 Å². The lowest BCUT2D eigenvalue weighted by atomic mass is 9.98. The second kappa shape index (κ2) is 8.96. The van der Waals surface area contributed by atoms with Crippen LogP contribution in [0.15, 0.2) is 51.7 Å². The summed E-state index contributed by atoms with van der Waals surface area (Å²) >= 11 is 0. The van der Waals surface area contributed by atoms with Crippen LogP contribution >= 0.6 is 0 Å². The molecule has 1 saturated heterocycles. The lowest BCUT2D eigenvalue weighted by molar-refractivity contribution is 0.0353. The smallest absolute Gasteiger partial charge is 0.290 e. The van der Waals surface area contributed by atoms with Gasteiger partial charge in [0.1, 0.15) is 17.1 Å². The van der Waals surface area contributed by atoms with E-state index in [1.807, 2.05) is 12.1 Å². The number of benzene rings is 2. The fraction of sp³-hybridized carbons (Fsp3) is 0.360. The molecule has 3 heterocycles. The highest BCUT2D eigenvalue weighted by Gasteiger charge is 2.42. The van der Waals surface area contributed by atoms with Gasteiger partial charge < -0.3 is 18.8 Å². The van der Waals surface area contributed by atoms with Gasteiger partial charge in [-0.2, -0.15) is 0 Å². The van der Waals surface area contributed by atoms with Crippen molar-refractivity contribution in [3.63, 3.8) is 0 Å². The van der Waals surface area contributed by atoms with E-state index >= 15 is 0 Å². The molecular formula is C25H25FN2O5. The number of ether oxygens (including phenoxy) is 2. The van der Waals surface area contributed by atoms with E-state index in [9.17, 15) is 14.0 Å². The molecule has 0 radical (unpaired) electrons. The molecule has 0 saturated carbocycles. The Kier molecular flexibility index (Phi) is 5.86. The van der Waals surface area contributed by atoms with Crippen molar-refractivity contribution in [1.82, 2.24) is 9.80 Å². The van der Waals surface area contributed by atoms with E-state index in [1.54, 1.807) is 24.1 Å². The van der Waals surface area contributed by atoms with Gasteiger partial charge in [-0.15, -0.1) is 0 Å². The monoisotopic (exact) mass is 452 g/mol. The molecule has 33 heavy (non-hydrogen) atoms. The van der Waals surface area contributed by atoms with Gasteiger partial charge in [-0.3, -0.25) is 14.5 Å². The Bertz CT molecular complexity index is 1230. The fourth-order valence-corrected chi connectivity index (χ4v) is 4.65. The maximum absolute atomic E-state index is 13.9. The summed E-state index contributed by atoms with van der Waals surface area (Å²) in [6.07, 6.45) is 0.745. The Labute approximate surface area is 190 Å². The van der Waals surface area contributed by atoms with Crippen molar-refractivity contribution in [2.75, 3.05) is 46.5 Å². The van der Waals surface area contributed by atoms with Crippen LogP contribution in [-0.2, 0) is 4.74 Å². The number of rotatable bonds is 6. The van der Waals surface area contributed by atoms with Gasteiger partial charge in [0.05, 0.1) is 37.3 Å². The average Bonchev–Trinajstić information content (AvgIpc) is 3.12. The number of carbonyl (C=O) groups is 1. The van der Waals surface area contributed by atoms with Gasteiger partial charge in [0.25, 0.3) is 5.91 Å². The molecule has 1 fully saturated rings. The van der Waals surface area contributed by atoms with Crippen LogP contribution in [0.4, 0.5) is 4.39 Å². The summed E-state index contributed by atoms with van der Waals surface area (Å²) in [6, 6.07) is 10.5. The molecule has 1 amide bonds. The maximum atomic E-state index is 13.9. The number of hydrogen-bond acceptors (Lipinski definition) is 6. The van der Waals surface area contributed by atoms with Crippen molar-refractivity contribution in [3.05, 3.63) is 75.4 Å². The van der Waals surface area contributed by atoms with Crippen molar-refractivity contribution in [2.45, 2.75) is 12.5 Å². The molecular weight excluding hydrogens is 427 g/mol. The summed E-state index contributed by atoms with van der Waals surface area (Å²) in [5, 5.41) is 0.134. The predicted molar refractivity (Wildman–Crippen MR) is 120 cm³/mol. The van der Waals surface area contributed by atoms with Crippen LogP contribution in [0.25, 0.3) is 11.0 Å². The number of amides is 1. The Morgan fingerprint density at radius 3 is 2.55 bits per heavy atom. The summed E-state index contributed by atoms with van der Waals surface area (Å²) in [6.45, 7) is 4.45. The number of carbonyl (C=O) groups excluding carboxylic acids is 1. The molecule has 3 aromatic rings. The minimum atomic E-state index is -0.605. The van der Waals surface area contributed by atoms with Crippen LogP contribution in [0.2, 0.25) is 0 Å². The first-order valence-corrected chi connectivity index (χ1v) is 11.1. The quantitative estimate of drug-likeness (QED) is 0.572. The largest absolute Gasteiger partial charge is 0.497 e. The van der Waals surface area contributed by atoms with E-state index in [2.05, 4.69) is 4.90 Å². The second-order valence-corrected chi connectivity index (χ2v) is 8.30. The number of hydrogen-bond donors (Lipinski definition) is 0.